The van der Waals surface area contributed by atoms with Crippen molar-refractivity contribution in [1.29, 1.82) is 0 Å². The predicted octanol–water partition coefficient (Wildman–Crippen LogP) is 2.17. The van der Waals surface area contributed by atoms with Crippen molar-refractivity contribution in [3.63, 3.8) is 0 Å². The second kappa shape index (κ2) is 12.8. The maximum atomic E-state index is 13.2. The van der Waals surface area contributed by atoms with Crippen molar-refractivity contribution >= 4 is 23.9 Å². The van der Waals surface area contributed by atoms with Crippen molar-refractivity contribution in [3.8, 4) is 0 Å². The van der Waals surface area contributed by atoms with E-state index in [-0.39, 0.29) is 18.7 Å². The van der Waals surface area contributed by atoms with Crippen LogP contribution in [0.5, 0.6) is 0 Å². The van der Waals surface area contributed by atoms with Crippen molar-refractivity contribution in [1.82, 2.24) is 10.2 Å². The van der Waals surface area contributed by atoms with Gasteiger partial charge < -0.3 is 20.5 Å². The predicted molar refractivity (Wildman–Crippen MR) is 120 cm³/mol. The molecule has 32 heavy (non-hydrogen) atoms. The highest BCUT2D eigenvalue weighted by molar-refractivity contribution is 6.00. The molecule has 2 atom stereocenters. The number of carbonyl (C=O) groups excluding carboxylic acids is 4. The fourth-order valence-electron chi connectivity index (χ4n) is 3.00. The summed E-state index contributed by atoms with van der Waals surface area (Å²) < 4.78 is 10.2. The summed E-state index contributed by atoms with van der Waals surface area (Å²) >= 11 is 0. The number of ether oxygens (including phenoxy) is 2. The van der Waals surface area contributed by atoms with E-state index in [4.69, 9.17) is 15.2 Å². The molecule has 0 aliphatic heterocycles. The van der Waals surface area contributed by atoms with Crippen LogP contribution in [0.3, 0.4) is 0 Å². The Hall–Kier alpha value is -2.94. The first kappa shape index (κ1) is 27.1. The van der Waals surface area contributed by atoms with Crippen LogP contribution in [0.25, 0.3) is 0 Å². The number of unbranched alkanes of at least 4 members (excludes halogenated alkanes) is 1. The summed E-state index contributed by atoms with van der Waals surface area (Å²) in [5.41, 5.74) is 5.42. The molecule has 3 amide bonds. The molecule has 0 saturated carbocycles. The van der Waals surface area contributed by atoms with Gasteiger partial charge in [-0.05, 0) is 59.1 Å². The molecule has 0 aliphatic rings. The molecule has 9 nitrogen and oxygen atoms in total. The van der Waals surface area contributed by atoms with Crippen LogP contribution in [0.15, 0.2) is 30.3 Å². The quantitative estimate of drug-likeness (QED) is 0.414. The first-order chi connectivity index (χ1) is 15.0. The number of rotatable bonds is 10. The number of hydrogen-bond donors (Lipinski definition) is 2. The third kappa shape index (κ3) is 9.05. The molecule has 0 aromatic heterocycles. The lowest BCUT2D eigenvalue weighted by molar-refractivity contribution is -0.153. The Kier molecular flexibility index (Phi) is 10.8. The van der Waals surface area contributed by atoms with E-state index in [0.29, 0.717) is 19.4 Å². The van der Waals surface area contributed by atoms with E-state index in [1.165, 1.54) is 14.0 Å². The Morgan fingerprint density at radius 1 is 1.09 bits per heavy atom. The number of hydrogen-bond acceptors (Lipinski definition) is 7. The first-order valence-corrected chi connectivity index (χ1v) is 10.7. The molecule has 0 bridgehead atoms. The number of nitrogens with one attached hydrogen (secondary N) is 1. The highest BCUT2D eigenvalue weighted by Gasteiger charge is 2.40. The summed E-state index contributed by atoms with van der Waals surface area (Å²) in [5.74, 6) is -1.90. The maximum Gasteiger partial charge on any atom is 0.417 e. The number of benzene rings is 1. The van der Waals surface area contributed by atoms with Gasteiger partial charge in [-0.25, -0.2) is 14.5 Å². The highest BCUT2D eigenvalue weighted by atomic mass is 16.6. The molecular weight excluding hydrogens is 414 g/mol. The molecule has 178 valence electrons. The molecule has 0 heterocycles. The van der Waals surface area contributed by atoms with Crippen molar-refractivity contribution in [3.05, 3.63) is 35.9 Å². The second-order valence-corrected chi connectivity index (χ2v) is 8.46. The first-order valence-electron chi connectivity index (χ1n) is 10.7. The second-order valence-electron chi connectivity index (χ2n) is 8.46. The van der Waals surface area contributed by atoms with Crippen LogP contribution in [0, 0.1) is 0 Å². The van der Waals surface area contributed by atoms with Crippen LogP contribution in [0.1, 0.15) is 52.5 Å². The van der Waals surface area contributed by atoms with Gasteiger partial charge in [0.05, 0.1) is 13.5 Å². The van der Waals surface area contributed by atoms with Gasteiger partial charge in [0.2, 0.25) is 5.91 Å². The lowest BCUT2D eigenvalue weighted by Crippen LogP contribution is -2.56. The van der Waals surface area contributed by atoms with Crippen LogP contribution in [-0.4, -0.2) is 60.1 Å². The SMILES string of the molecule is COC(=O)[C@H](CCCCN)N(C(=O)OC(C)(C)C)C(=O)[C@H](C)NC(=O)Cc1ccccc1. The summed E-state index contributed by atoms with van der Waals surface area (Å²) in [4.78, 5) is 51.8. The normalized spacial score (nSPS) is 12.9. The molecule has 0 radical (unpaired) electrons. The van der Waals surface area contributed by atoms with Crippen LogP contribution in [0.4, 0.5) is 4.79 Å². The van der Waals surface area contributed by atoms with E-state index < -0.39 is 35.7 Å². The van der Waals surface area contributed by atoms with Gasteiger partial charge in [0, 0.05) is 0 Å². The zero-order chi connectivity index (χ0) is 24.3. The lowest BCUT2D eigenvalue weighted by atomic mass is 10.1. The van der Waals surface area contributed by atoms with E-state index >= 15 is 0 Å². The number of methoxy groups -OCH3 is 1. The van der Waals surface area contributed by atoms with Crippen molar-refractivity contribution < 1.29 is 28.7 Å². The van der Waals surface area contributed by atoms with E-state index in [1.807, 2.05) is 18.2 Å². The lowest BCUT2D eigenvalue weighted by Gasteiger charge is -2.32. The van der Waals surface area contributed by atoms with Crippen LogP contribution in [0.2, 0.25) is 0 Å². The molecule has 3 N–H and O–H groups in total. The van der Waals surface area contributed by atoms with E-state index in [0.717, 1.165) is 10.5 Å². The topological polar surface area (TPSA) is 128 Å². The van der Waals surface area contributed by atoms with Gasteiger partial charge in [-0.3, -0.25) is 9.59 Å². The van der Waals surface area contributed by atoms with Gasteiger partial charge in [-0.1, -0.05) is 30.3 Å². The van der Waals surface area contributed by atoms with Crippen molar-refractivity contribution in [2.45, 2.75) is 71.1 Å². The largest absolute Gasteiger partial charge is 0.467 e. The number of esters is 1. The minimum atomic E-state index is -1.19. The standard InChI is InChI=1S/C23H35N3O6/c1-16(25-19(27)15-17-11-7-6-8-12-17)20(28)26(22(30)32-23(2,3)4)18(21(29)31-5)13-9-10-14-24/h6-8,11-12,16,18H,9-10,13-15,24H2,1-5H3,(H,25,27)/t16-,18-/m0/s1. The van der Waals surface area contributed by atoms with Crippen LogP contribution < -0.4 is 11.1 Å². The molecule has 1 rings (SSSR count). The summed E-state index contributed by atoms with van der Waals surface area (Å²) in [6, 6.07) is 6.79. The van der Waals surface area contributed by atoms with Crippen molar-refractivity contribution in [2.24, 2.45) is 5.73 Å². The number of nitrogens with zero attached hydrogens (tertiary/aromatic N) is 1. The molecule has 9 heteroatoms. The van der Waals surface area contributed by atoms with E-state index in [1.54, 1.807) is 32.9 Å². The van der Waals surface area contributed by atoms with Crippen LogP contribution in [-0.2, 0) is 30.3 Å². The summed E-state index contributed by atoms with van der Waals surface area (Å²) in [6.07, 6.45) is 0.362. The fourth-order valence-corrected chi connectivity index (χ4v) is 3.00. The smallest absolute Gasteiger partial charge is 0.417 e. The molecule has 1 aromatic carbocycles. The molecular formula is C23H35N3O6. The summed E-state index contributed by atoms with van der Waals surface area (Å²) in [6.45, 7) is 6.82. The highest BCUT2D eigenvalue weighted by Crippen LogP contribution is 2.18. The monoisotopic (exact) mass is 449 g/mol. The third-order valence-electron chi connectivity index (χ3n) is 4.50. The zero-order valence-electron chi connectivity index (χ0n) is 19.6. The average Bonchev–Trinajstić information content (AvgIpc) is 2.71. The summed E-state index contributed by atoms with van der Waals surface area (Å²) in [5, 5.41) is 2.60. The molecule has 0 saturated heterocycles. The van der Waals surface area contributed by atoms with Gasteiger partial charge in [0.1, 0.15) is 17.7 Å². The van der Waals surface area contributed by atoms with E-state index in [2.05, 4.69) is 5.32 Å². The van der Waals surface area contributed by atoms with E-state index in [9.17, 15) is 19.2 Å². The minimum Gasteiger partial charge on any atom is -0.467 e. The van der Waals surface area contributed by atoms with Gasteiger partial charge in [0.25, 0.3) is 5.91 Å². The number of imide groups is 1. The number of nitrogens with two attached hydrogens (primary N) is 1. The average molecular weight is 450 g/mol. The fraction of sp³-hybridized carbons (Fsp3) is 0.565. The van der Waals surface area contributed by atoms with Gasteiger partial charge in [0.15, 0.2) is 0 Å². The molecule has 0 spiro atoms. The Balaban J connectivity index is 3.08. The minimum absolute atomic E-state index is 0.0713. The molecule has 0 aliphatic carbocycles. The Morgan fingerprint density at radius 3 is 2.25 bits per heavy atom. The third-order valence-corrected chi connectivity index (χ3v) is 4.50. The molecule has 0 fully saturated rings. The van der Waals surface area contributed by atoms with Crippen LogP contribution >= 0.6 is 0 Å². The Labute approximate surface area is 189 Å². The molecule has 1 aromatic rings. The Bertz CT molecular complexity index is 776. The molecule has 0 unspecified atom stereocenters. The number of amides is 3. The maximum absolute atomic E-state index is 13.2. The van der Waals surface area contributed by atoms with Gasteiger partial charge >= 0.3 is 12.1 Å². The Morgan fingerprint density at radius 2 is 1.72 bits per heavy atom. The van der Waals surface area contributed by atoms with Gasteiger partial charge in [-0.2, -0.15) is 0 Å². The summed E-state index contributed by atoms with van der Waals surface area (Å²) in [7, 11) is 1.18. The number of carbonyl (C=O) groups is 4. The van der Waals surface area contributed by atoms with Crippen molar-refractivity contribution in [2.75, 3.05) is 13.7 Å². The van der Waals surface area contributed by atoms with Gasteiger partial charge in [-0.15, -0.1) is 0 Å². The zero-order valence-corrected chi connectivity index (χ0v) is 19.6.